The van der Waals surface area contributed by atoms with E-state index in [-0.39, 0.29) is 27.6 Å². The summed E-state index contributed by atoms with van der Waals surface area (Å²) in [6, 6.07) is 4.30. The Kier molecular flexibility index (Phi) is 4.15. The summed E-state index contributed by atoms with van der Waals surface area (Å²) in [5.41, 5.74) is -0.619. The molecule has 1 aliphatic rings. The number of halogens is 4. The van der Waals surface area contributed by atoms with Gasteiger partial charge in [0.15, 0.2) is 0 Å². The smallest absolute Gasteiger partial charge is 0.351 e. The van der Waals surface area contributed by atoms with Crippen LogP contribution in [0, 0.1) is 0 Å². The molecule has 0 radical (unpaired) electrons. The number of alkyl halides is 3. The molecule has 2 rings (SSSR count). The van der Waals surface area contributed by atoms with Crippen LogP contribution in [0.5, 0.6) is 0 Å². The van der Waals surface area contributed by atoms with Gasteiger partial charge in [0, 0.05) is 16.8 Å². The minimum absolute atomic E-state index is 0.0245. The second-order valence-corrected chi connectivity index (χ2v) is 5.18. The zero-order chi connectivity index (χ0) is 16.7. The summed E-state index contributed by atoms with van der Waals surface area (Å²) in [7, 11) is 0. The molecular formula is C15H11ClF3NO2. The fourth-order valence-corrected chi connectivity index (χ4v) is 2.21. The van der Waals surface area contributed by atoms with E-state index in [1.165, 1.54) is 26.0 Å². The lowest BCUT2D eigenvalue weighted by Gasteiger charge is -2.19. The molecule has 0 heterocycles. The zero-order valence-electron chi connectivity index (χ0n) is 11.6. The van der Waals surface area contributed by atoms with Crippen molar-refractivity contribution in [3.05, 3.63) is 51.7 Å². The monoisotopic (exact) mass is 329 g/mol. The maximum absolute atomic E-state index is 12.7. The van der Waals surface area contributed by atoms with Crippen LogP contribution < -0.4 is 5.32 Å². The SMILES string of the molecule is CC1=C(C)C(=O)C(Nc2cccc(C(F)(F)F)c2)=C(Cl)C1=O. The zero-order valence-corrected chi connectivity index (χ0v) is 12.4. The Morgan fingerprint density at radius 1 is 1.05 bits per heavy atom. The van der Waals surface area contributed by atoms with E-state index in [1.807, 2.05) is 0 Å². The van der Waals surface area contributed by atoms with Crippen LogP contribution in [0.1, 0.15) is 19.4 Å². The fourth-order valence-electron chi connectivity index (χ4n) is 1.94. The maximum atomic E-state index is 12.7. The van der Waals surface area contributed by atoms with Gasteiger partial charge in [0.1, 0.15) is 10.7 Å². The van der Waals surface area contributed by atoms with E-state index in [9.17, 15) is 22.8 Å². The number of hydrogen-bond donors (Lipinski definition) is 1. The van der Waals surface area contributed by atoms with E-state index in [2.05, 4.69) is 5.32 Å². The number of nitrogens with one attached hydrogen (secondary N) is 1. The summed E-state index contributed by atoms with van der Waals surface area (Å²) in [5.74, 6) is -1.03. The third kappa shape index (κ3) is 2.92. The highest BCUT2D eigenvalue weighted by Gasteiger charge is 2.32. The number of Topliss-reactive ketones (excluding diaryl/α,β-unsaturated/α-hetero) is 2. The van der Waals surface area contributed by atoms with Crippen molar-refractivity contribution >= 4 is 28.9 Å². The standard InChI is InChI=1S/C15H11ClF3NO2/c1-7-8(2)14(22)12(11(16)13(7)21)20-10-5-3-4-9(6-10)15(17,18)19/h3-6,20H,1-2H3. The van der Waals surface area contributed by atoms with Crippen LogP contribution >= 0.6 is 11.6 Å². The summed E-state index contributed by atoms with van der Waals surface area (Å²) in [4.78, 5) is 24.0. The molecule has 7 heteroatoms. The summed E-state index contributed by atoms with van der Waals surface area (Å²) in [6.45, 7) is 2.94. The molecule has 1 aliphatic carbocycles. The second kappa shape index (κ2) is 5.61. The molecule has 0 aromatic heterocycles. The van der Waals surface area contributed by atoms with Crippen LogP contribution in [-0.2, 0) is 15.8 Å². The molecule has 1 aromatic carbocycles. The molecule has 0 atom stereocenters. The molecule has 0 bridgehead atoms. The topological polar surface area (TPSA) is 46.2 Å². The van der Waals surface area contributed by atoms with Crippen LogP contribution in [0.15, 0.2) is 46.1 Å². The summed E-state index contributed by atoms with van der Waals surface area (Å²) >= 11 is 5.86. The number of hydrogen-bond acceptors (Lipinski definition) is 3. The van der Waals surface area contributed by atoms with Crippen molar-refractivity contribution in [3.8, 4) is 0 Å². The van der Waals surface area contributed by atoms with Crippen molar-refractivity contribution in [2.75, 3.05) is 5.32 Å². The molecule has 0 saturated carbocycles. The first kappa shape index (κ1) is 16.3. The van der Waals surface area contributed by atoms with Gasteiger partial charge in [0.2, 0.25) is 11.6 Å². The maximum Gasteiger partial charge on any atom is 0.416 e. The summed E-state index contributed by atoms with van der Waals surface area (Å²) in [6.07, 6.45) is -4.51. The van der Waals surface area contributed by atoms with E-state index in [0.717, 1.165) is 12.1 Å². The Balaban J connectivity index is 2.39. The third-order valence-electron chi connectivity index (χ3n) is 3.35. The average molecular weight is 330 g/mol. The van der Waals surface area contributed by atoms with Gasteiger partial charge >= 0.3 is 6.18 Å². The van der Waals surface area contributed by atoms with Crippen LogP contribution in [-0.4, -0.2) is 11.6 Å². The van der Waals surface area contributed by atoms with Gasteiger partial charge in [-0.1, -0.05) is 17.7 Å². The first-order valence-electron chi connectivity index (χ1n) is 6.24. The van der Waals surface area contributed by atoms with E-state index in [4.69, 9.17) is 11.6 Å². The van der Waals surface area contributed by atoms with Crippen molar-refractivity contribution in [2.24, 2.45) is 0 Å². The largest absolute Gasteiger partial charge is 0.416 e. The number of anilines is 1. The molecule has 3 nitrogen and oxygen atoms in total. The van der Waals surface area contributed by atoms with Crippen molar-refractivity contribution in [2.45, 2.75) is 20.0 Å². The highest BCUT2D eigenvalue weighted by atomic mass is 35.5. The van der Waals surface area contributed by atoms with Gasteiger partial charge in [-0.25, -0.2) is 0 Å². The minimum atomic E-state index is -4.51. The summed E-state index contributed by atoms with van der Waals surface area (Å²) in [5, 5.41) is 2.19. The molecular weight excluding hydrogens is 319 g/mol. The van der Waals surface area contributed by atoms with Crippen LogP contribution in [0.25, 0.3) is 0 Å². The predicted molar refractivity (Wildman–Crippen MR) is 76.3 cm³/mol. The molecule has 0 fully saturated rings. The number of benzene rings is 1. The average Bonchev–Trinajstić information content (AvgIpc) is 2.47. The second-order valence-electron chi connectivity index (χ2n) is 4.80. The van der Waals surface area contributed by atoms with Gasteiger partial charge in [-0.3, -0.25) is 9.59 Å². The Morgan fingerprint density at radius 3 is 2.23 bits per heavy atom. The molecule has 116 valence electrons. The van der Waals surface area contributed by atoms with Gasteiger partial charge in [-0.05, 0) is 32.0 Å². The molecule has 1 N–H and O–H groups in total. The van der Waals surface area contributed by atoms with Crippen LogP contribution in [0.4, 0.5) is 18.9 Å². The predicted octanol–water partition coefficient (Wildman–Crippen LogP) is 4.06. The number of rotatable bonds is 2. The lowest BCUT2D eigenvalue weighted by Crippen LogP contribution is -2.24. The van der Waals surface area contributed by atoms with Crippen molar-refractivity contribution in [3.63, 3.8) is 0 Å². The van der Waals surface area contributed by atoms with E-state index in [0.29, 0.717) is 0 Å². The fraction of sp³-hybridized carbons (Fsp3) is 0.200. The van der Waals surface area contributed by atoms with E-state index >= 15 is 0 Å². The Hall–Kier alpha value is -2.08. The normalized spacial score (nSPS) is 16.5. The number of allylic oxidation sites excluding steroid dienone is 3. The van der Waals surface area contributed by atoms with Gasteiger partial charge in [0.25, 0.3) is 0 Å². The van der Waals surface area contributed by atoms with Gasteiger partial charge in [0.05, 0.1) is 5.56 Å². The Labute approximate surface area is 129 Å². The lowest BCUT2D eigenvalue weighted by atomic mass is 9.94. The molecule has 0 unspecified atom stereocenters. The highest BCUT2D eigenvalue weighted by Crippen LogP contribution is 2.32. The highest BCUT2D eigenvalue weighted by molar-refractivity contribution is 6.49. The third-order valence-corrected chi connectivity index (χ3v) is 3.71. The first-order chi connectivity index (χ1) is 10.1. The Bertz CT molecular complexity index is 733. The quantitative estimate of drug-likeness (QED) is 0.832. The molecule has 0 spiro atoms. The number of carbonyl (C=O) groups is 2. The van der Waals surface area contributed by atoms with Crippen LogP contribution in [0.3, 0.4) is 0 Å². The lowest BCUT2D eigenvalue weighted by molar-refractivity contribution is -0.137. The number of ketones is 2. The molecule has 0 aliphatic heterocycles. The van der Waals surface area contributed by atoms with E-state index < -0.39 is 23.3 Å². The van der Waals surface area contributed by atoms with Gasteiger partial charge in [-0.15, -0.1) is 0 Å². The van der Waals surface area contributed by atoms with Crippen molar-refractivity contribution in [1.82, 2.24) is 0 Å². The molecule has 0 amide bonds. The molecule has 22 heavy (non-hydrogen) atoms. The van der Waals surface area contributed by atoms with E-state index in [1.54, 1.807) is 0 Å². The van der Waals surface area contributed by atoms with Gasteiger partial charge < -0.3 is 5.32 Å². The van der Waals surface area contributed by atoms with Gasteiger partial charge in [-0.2, -0.15) is 13.2 Å². The van der Waals surface area contributed by atoms with Crippen LogP contribution in [0.2, 0.25) is 0 Å². The minimum Gasteiger partial charge on any atom is -0.351 e. The summed E-state index contributed by atoms with van der Waals surface area (Å²) < 4.78 is 38.0. The first-order valence-corrected chi connectivity index (χ1v) is 6.61. The Morgan fingerprint density at radius 2 is 1.64 bits per heavy atom. The van der Waals surface area contributed by atoms with Crippen molar-refractivity contribution in [1.29, 1.82) is 0 Å². The molecule has 0 saturated heterocycles. The van der Waals surface area contributed by atoms with Crippen molar-refractivity contribution < 1.29 is 22.8 Å². The number of carbonyl (C=O) groups excluding carboxylic acids is 2. The molecule has 1 aromatic rings.